The lowest BCUT2D eigenvalue weighted by atomic mass is 10.0. The summed E-state index contributed by atoms with van der Waals surface area (Å²) in [6.45, 7) is 0. The minimum absolute atomic E-state index is 0.0657. The maximum Gasteiger partial charge on any atom is 0.213 e. The molecule has 0 fully saturated rings. The van der Waals surface area contributed by atoms with Crippen LogP contribution in [-0.2, 0) is 6.42 Å². The van der Waals surface area contributed by atoms with Crippen LogP contribution in [-0.4, -0.2) is 25.7 Å². The molecule has 0 radical (unpaired) electrons. The molecule has 0 N–H and O–H groups in total. The fourth-order valence-electron chi connectivity index (χ4n) is 2.98. The van der Waals surface area contributed by atoms with E-state index < -0.39 is 5.95 Å². The van der Waals surface area contributed by atoms with E-state index in [1.165, 1.54) is 12.3 Å². The predicted octanol–water partition coefficient (Wildman–Crippen LogP) is 4.56. The molecule has 4 rings (SSSR count). The molecule has 0 amide bonds. The molecule has 0 atom stereocenters. The number of hydrogen-bond donors (Lipinski definition) is 0. The van der Waals surface area contributed by atoms with Gasteiger partial charge >= 0.3 is 0 Å². The summed E-state index contributed by atoms with van der Waals surface area (Å²) in [6, 6.07) is 14.2. The number of halogens is 1. The van der Waals surface area contributed by atoms with Gasteiger partial charge in [0.25, 0.3) is 0 Å². The van der Waals surface area contributed by atoms with E-state index in [0.29, 0.717) is 29.7 Å². The zero-order valence-corrected chi connectivity index (χ0v) is 15.5. The molecule has 0 aliphatic carbocycles. The van der Waals surface area contributed by atoms with Gasteiger partial charge in [-0.05, 0) is 24.1 Å². The quantitative estimate of drug-likeness (QED) is 0.360. The molecule has 0 saturated carbocycles. The summed E-state index contributed by atoms with van der Waals surface area (Å²) in [5, 5.41) is 0. The highest BCUT2D eigenvalue weighted by atomic mass is 19.1. The standard InChI is InChI=1S/C23H17FN4O/c24-23-13-19(9-10-27-23)20-7-1-16(14-28-20)2-8-22(29)18-5-3-17(4-6-18)21-15-25-11-12-26-21/h1,3-7,9-15H,2,8H2. The van der Waals surface area contributed by atoms with Crippen LogP contribution in [0.15, 0.2) is 79.5 Å². The first-order valence-electron chi connectivity index (χ1n) is 9.15. The zero-order valence-electron chi connectivity index (χ0n) is 15.5. The van der Waals surface area contributed by atoms with Gasteiger partial charge in [0.1, 0.15) is 0 Å². The summed E-state index contributed by atoms with van der Waals surface area (Å²) in [4.78, 5) is 28.7. The van der Waals surface area contributed by atoms with Gasteiger partial charge in [-0.2, -0.15) is 4.39 Å². The van der Waals surface area contributed by atoms with Crippen LogP contribution in [0.2, 0.25) is 0 Å². The molecule has 0 aliphatic rings. The van der Waals surface area contributed by atoms with Crippen LogP contribution < -0.4 is 0 Å². The third-order valence-electron chi connectivity index (χ3n) is 4.55. The Kier molecular flexibility index (Phi) is 5.42. The second-order valence-corrected chi connectivity index (χ2v) is 6.51. The number of carbonyl (C=O) groups is 1. The molecule has 0 unspecified atom stereocenters. The molecule has 3 heterocycles. The number of aryl methyl sites for hydroxylation is 1. The van der Waals surface area contributed by atoms with Gasteiger partial charge in [-0.15, -0.1) is 0 Å². The van der Waals surface area contributed by atoms with Crippen molar-refractivity contribution in [3.63, 3.8) is 0 Å². The van der Waals surface area contributed by atoms with Crippen LogP contribution in [0.25, 0.3) is 22.5 Å². The summed E-state index contributed by atoms with van der Waals surface area (Å²) < 4.78 is 13.2. The fraction of sp³-hybridized carbons (Fsp3) is 0.0870. The third-order valence-corrected chi connectivity index (χ3v) is 4.55. The monoisotopic (exact) mass is 384 g/mol. The van der Waals surface area contributed by atoms with E-state index in [1.807, 2.05) is 36.4 Å². The van der Waals surface area contributed by atoms with E-state index in [0.717, 1.165) is 16.8 Å². The van der Waals surface area contributed by atoms with Crippen LogP contribution in [0.5, 0.6) is 0 Å². The molecule has 0 spiro atoms. The first-order valence-corrected chi connectivity index (χ1v) is 9.15. The third kappa shape index (κ3) is 4.55. The Morgan fingerprint density at radius 1 is 0.793 bits per heavy atom. The average Bonchev–Trinajstić information content (AvgIpc) is 2.78. The van der Waals surface area contributed by atoms with Crippen molar-refractivity contribution in [1.82, 2.24) is 19.9 Å². The smallest absolute Gasteiger partial charge is 0.213 e. The minimum atomic E-state index is -0.538. The molecule has 3 aromatic heterocycles. The molecular formula is C23H17FN4O. The summed E-state index contributed by atoms with van der Waals surface area (Å²) in [6.07, 6.45) is 9.05. The van der Waals surface area contributed by atoms with Gasteiger partial charge in [0.15, 0.2) is 5.78 Å². The Labute approximate surface area is 167 Å². The van der Waals surface area contributed by atoms with Crippen LogP contribution in [0.1, 0.15) is 22.3 Å². The Hall–Kier alpha value is -3.80. The normalized spacial score (nSPS) is 10.7. The van der Waals surface area contributed by atoms with Crippen molar-refractivity contribution in [1.29, 1.82) is 0 Å². The molecule has 0 aliphatic heterocycles. The summed E-state index contributed by atoms with van der Waals surface area (Å²) in [5.41, 5.74) is 4.64. The van der Waals surface area contributed by atoms with Crippen LogP contribution >= 0.6 is 0 Å². The zero-order chi connectivity index (χ0) is 20.1. The van der Waals surface area contributed by atoms with Gasteiger partial charge < -0.3 is 0 Å². The number of pyridine rings is 2. The van der Waals surface area contributed by atoms with Gasteiger partial charge in [-0.3, -0.25) is 19.7 Å². The van der Waals surface area contributed by atoms with Gasteiger partial charge in [0, 0.05) is 54.0 Å². The highest BCUT2D eigenvalue weighted by molar-refractivity contribution is 5.96. The topological polar surface area (TPSA) is 68.6 Å². The van der Waals surface area contributed by atoms with Gasteiger partial charge in [0.2, 0.25) is 5.95 Å². The van der Waals surface area contributed by atoms with Crippen LogP contribution in [0.4, 0.5) is 4.39 Å². The van der Waals surface area contributed by atoms with Crippen LogP contribution in [0, 0.1) is 5.95 Å². The van der Waals surface area contributed by atoms with Gasteiger partial charge in [0.05, 0.1) is 17.6 Å². The van der Waals surface area contributed by atoms with E-state index in [4.69, 9.17) is 0 Å². The molecule has 6 heteroatoms. The lowest BCUT2D eigenvalue weighted by molar-refractivity contribution is 0.0983. The maximum absolute atomic E-state index is 13.2. The van der Waals surface area contributed by atoms with E-state index >= 15 is 0 Å². The number of ketones is 1. The van der Waals surface area contributed by atoms with Gasteiger partial charge in [-0.25, -0.2) is 4.98 Å². The number of Topliss-reactive ketones (excluding diaryl/α,β-unsaturated/α-hetero) is 1. The lowest BCUT2D eigenvalue weighted by Gasteiger charge is -2.05. The van der Waals surface area contributed by atoms with Crippen molar-refractivity contribution in [3.8, 4) is 22.5 Å². The first-order chi connectivity index (χ1) is 14.2. The second kappa shape index (κ2) is 8.48. The molecule has 0 saturated heterocycles. The lowest BCUT2D eigenvalue weighted by Crippen LogP contribution is -2.01. The maximum atomic E-state index is 13.2. The molecule has 4 aromatic rings. The number of aromatic nitrogens is 4. The fourth-order valence-corrected chi connectivity index (χ4v) is 2.98. The van der Waals surface area contributed by atoms with Crippen molar-refractivity contribution in [2.75, 3.05) is 0 Å². The highest BCUT2D eigenvalue weighted by Crippen LogP contribution is 2.19. The van der Waals surface area contributed by atoms with Crippen molar-refractivity contribution in [2.45, 2.75) is 12.8 Å². The van der Waals surface area contributed by atoms with E-state index in [9.17, 15) is 9.18 Å². The largest absolute Gasteiger partial charge is 0.294 e. The first kappa shape index (κ1) is 18.6. The number of nitrogens with zero attached hydrogens (tertiary/aromatic N) is 4. The Bertz CT molecular complexity index is 1110. The summed E-state index contributed by atoms with van der Waals surface area (Å²) >= 11 is 0. The van der Waals surface area contributed by atoms with Crippen LogP contribution in [0.3, 0.4) is 0 Å². The number of carbonyl (C=O) groups excluding carboxylic acids is 1. The minimum Gasteiger partial charge on any atom is -0.294 e. The van der Waals surface area contributed by atoms with Crippen molar-refractivity contribution in [2.24, 2.45) is 0 Å². The van der Waals surface area contributed by atoms with Crippen molar-refractivity contribution in [3.05, 3.63) is 96.6 Å². The Morgan fingerprint density at radius 3 is 2.34 bits per heavy atom. The van der Waals surface area contributed by atoms with E-state index in [1.54, 1.807) is 30.9 Å². The Morgan fingerprint density at radius 2 is 1.66 bits per heavy atom. The van der Waals surface area contributed by atoms with E-state index in [-0.39, 0.29) is 5.78 Å². The Balaban J connectivity index is 1.38. The number of hydrogen-bond acceptors (Lipinski definition) is 5. The van der Waals surface area contributed by atoms with Crippen molar-refractivity contribution < 1.29 is 9.18 Å². The molecular weight excluding hydrogens is 367 g/mol. The summed E-state index contributed by atoms with van der Waals surface area (Å²) in [5.74, 6) is -0.472. The molecule has 142 valence electrons. The molecule has 5 nitrogen and oxygen atoms in total. The average molecular weight is 384 g/mol. The second-order valence-electron chi connectivity index (χ2n) is 6.51. The van der Waals surface area contributed by atoms with E-state index in [2.05, 4.69) is 19.9 Å². The molecule has 0 bridgehead atoms. The predicted molar refractivity (Wildman–Crippen MR) is 108 cm³/mol. The molecule has 29 heavy (non-hydrogen) atoms. The summed E-state index contributed by atoms with van der Waals surface area (Å²) in [7, 11) is 0. The highest BCUT2D eigenvalue weighted by Gasteiger charge is 2.08. The number of benzene rings is 1. The van der Waals surface area contributed by atoms with Gasteiger partial charge in [-0.1, -0.05) is 30.3 Å². The molecule has 1 aromatic carbocycles. The SMILES string of the molecule is O=C(CCc1ccc(-c2ccnc(F)c2)nc1)c1ccc(-c2cnccn2)cc1. The van der Waals surface area contributed by atoms with Crippen molar-refractivity contribution >= 4 is 5.78 Å². The number of rotatable bonds is 6.